The first kappa shape index (κ1) is 11.6. The van der Waals surface area contributed by atoms with Crippen molar-refractivity contribution in [1.82, 2.24) is 5.32 Å². The molecule has 0 amide bonds. The van der Waals surface area contributed by atoms with Gasteiger partial charge in [0.25, 0.3) is 0 Å². The second-order valence-corrected chi connectivity index (χ2v) is 4.84. The van der Waals surface area contributed by atoms with Crippen molar-refractivity contribution in [3.8, 4) is 0 Å². The summed E-state index contributed by atoms with van der Waals surface area (Å²) < 4.78 is 6.07. The highest BCUT2D eigenvalue weighted by Crippen LogP contribution is 2.28. The van der Waals surface area contributed by atoms with E-state index in [9.17, 15) is 0 Å². The molecule has 1 aromatic rings. The number of hydrogen-bond acceptors (Lipinski definition) is 2. The molecule has 2 rings (SSSR count). The van der Waals surface area contributed by atoms with Crippen LogP contribution in [-0.4, -0.2) is 19.2 Å². The molecule has 1 N–H and O–H groups in total. The van der Waals surface area contributed by atoms with Crippen molar-refractivity contribution in [3.63, 3.8) is 0 Å². The van der Waals surface area contributed by atoms with Crippen LogP contribution >= 0.6 is 0 Å². The fourth-order valence-electron chi connectivity index (χ4n) is 2.30. The number of nitrogens with one attached hydrogen (secondary N) is 1. The number of rotatable bonds is 2. The Labute approximate surface area is 98.0 Å². The first-order valence-corrected chi connectivity index (χ1v) is 6.12. The van der Waals surface area contributed by atoms with Crippen LogP contribution in [0.5, 0.6) is 0 Å². The maximum absolute atomic E-state index is 6.07. The molecule has 0 aliphatic carbocycles. The van der Waals surface area contributed by atoms with Crippen molar-refractivity contribution in [2.75, 3.05) is 13.1 Å². The fourth-order valence-corrected chi connectivity index (χ4v) is 2.30. The zero-order valence-corrected chi connectivity index (χ0v) is 10.4. The molecule has 0 bridgehead atoms. The van der Waals surface area contributed by atoms with Crippen molar-refractivity contribution >= 4 is 0 Å². The van der Waals surface area contributed by atoms with Gasteiger partial charge in [0.15, 0.2) is 0 Å². The largest absolute Gasteiger partial charge is 0.365 e. The molecule has 1 saturated heterocycles. The summed E-state index contributed by atoms with van der Waals surface area (Å²) >= 11 is 0. The molecule has 0 saturated carbocycles. The van der Waals surface area contributed by atoms with E-state index in [1.807, 2.05) is 0 Å². The molecule has 2 atom stereocenters. The lowest BCUT2D eigenvalue weighted by atomic mass is 9.93. The molecule has 2 heteroatoms. The van der Waals surface area contributed by atoms with E-state index in [4.69, 9.17) is 4.74 Å². The van der Waals surface area contributed by atoms with Gasteiger partial charge in [-0.05, 0) is 31.4 Å². The SMILES string of the molecule is CCc1ccc(C2(C)CNCC(C)O2)cc1. The molecule has 0 spiro atoms. The zero-order chi connectivity index (χ0) is 11.6. The topological polar surface area (TPSA) is 21.3 Å². The normalized spacial score (nSPS) is 30.3. The summed E-state index contributed by atoms with van der Waals surface area (Å²) in [5.41, 5.74) is 2.47. The van der Waals surface area contributed by atoms with Crippen LogP contribution in [0, 0.1) is 0 Å². The number of aryl methyl sites for hydroxylation is 1. The third kappa shape index (κ3) is 2.28. The van der Waals surface area contributed by atoms with Gasteiger partial charge in [-0.25, -0.2) is 0 Å². The monoisotopic (exact) mass is 219 g/mol. The molecular formula is C14H21NO. The Morgan fingerprint density at radius 1 is 1.38 bits per heavy atom. The third-order valence-corrected chi connectivity index (χ3v) is 3.33. The molecule has 1 fully saturated rings. The van der Waals surface area contributed by atoms with E-state index in [1.165, 1.54) is 11.1 Å². The quantitative estimate of drug-likeness (QED) is 0.825. The Hall–Kier alpha value is -0.860. The Bertz CT molecular complexity index is 346. The number of ether oxygens (including phenoxy) is 1. The van der Waals surface area contributed by atoms with Gasteiger partial charge < -0.3 is 10.1 Å². The molecule has 2 nitrogen and oxygen atoms in total. The summed E-state index contributed by atoms with van der Waals surface area (Å²) in [4.78, 5) is 0. The molecule has 88 valence electrons. The van der Waals surface area contributed by atoms with Crippen molar-refractivity contribution in [2.45, 2.75) is 38.9 Å². The average Bonchev–Trinajstić information content (AvgIpc) is 2.29. The molecular weight excluding hydrogens is 198 g/mol. The van der Waals surface area contributed by atoms with Crippen LogP contribution in [0.1, 0.15) is 31.9 Å². The zero-order valence-electron chi connectivity index (χ0n) is 10.4. The minimum Gasteiger partial charge on any atom is -0.365 e. The first-order valence-electron chi connectivity index (χ1n) is 6.12. The summed E-state index contributed by atoms with van der Waals surface area (Å²) in [6, 6.07) is 8.78. The minimum atomic E-state index is -0.177. The van der Waals surface area contributed by atoms with Gasteiger partial charge >= 0.3 is 0 Å². The summed E-state index contributed by atoms with van der Waals surface area (Å²) in [6.07, 6.45) is 1.37. The van der Waals surface area contributed by atoms with Gasteiger partial charge in [-0.2, -0.15) is 0 Å². The highest BCUT2D eigenvalue weighted by molar-refractivity contribution is 5.27. The number of benzene rings is 1. The van der Waals surface area contributed by atoms with Gasteiger partial charge in [0, 0.05) is 13.1 Å². The van der Waals surface area contributed by atoms with Gasteiger partial charge in [0.2, 0.25) is 0 Å². The molecule has 1 heterocycles. The van der Waals surface area contributed by atoms with Crippen molar-refractivity contribution in [2.24, 2.45) is 0 Å². The van der Waals surface area contributed by atoms with Crippen LogP contribution in [-0.2, 0) is 16.8 Å². The van der Waals surface area contributed by atoms with Crippen LogP contribution in [0.25, 0.3) is 0 Å². The van der Waals surface area contributed by atoms with Crippen molar-refractivity contribution in [3.05, 3.63) is 35.4 Å². The maximum atomic E-state index is 6.07. The lowest BCUT2D eigenvalue weighted by molar-refractivity contribution is -0.102. The predicted molar refractivity (Wildman–Crippen MR) is 66.6 cm³/mol. The molecule has 1 aliphatic heterocycles. The van der Waals surface area contributed by atoms with Gasteiger partial charge in [-0.15, -0.1) is 0 Å². The van der Waals surface area contributed by atoms with Gasteiger partial charge in [-0.3, -0.25) is 0 Å². The Morgan fingerprint density at radius 3 is 2.62 bits per heavy atom. The Kier molecular flexibility index (Phi) is 3.31. The number of hydrogen-bond donors (Lipinski definition) is 1. The Balaban J connectivity index is 2.20. The van der Waals surface area contributed by atoms with Crippen LogP contribution < -0.4 is 5.32 Å². The van der Waals surface area contributed by atoms with E-state index in [0.717, 1.165) is 19.5 Å². The minimum absolute atomic E-state index is 0.177. The van der Waals surface area contributed by atoms with E-state index in [1.54, 1.807) is 0 Å². The summed E-state index contributed by atoms with van der Waals surface area (Å²) in [6.45, 7) is 8.30. The molecule has 0 aromatic heterocycles. The highest BCUT2D eigenvalue weighted by atomic mass is 16.5. The molecule has 0 radical (unpaired) electrons. The van der Waals surface area contributed by atoms with Crippen LogP contribution in [0.2, 0.25) is 0 Å². The Morgan fingerprint density at radius 2 is 2.06 bits per heavy atom. The van der Waals surface area contributed by atoms with Crippen molar-refractivity contribution < 1.29 is 4.74 Å². The van der Waals surface area contributed by atoms with E-state index < -0.39 is 0 Å². The van der Waals surface area contributed by atoms with Crippen LogP contribution in [0.3, 0.4) is 0 Å². The van der Waals surface area contributed by atoms with Gasteiger partial charge in [0.05, 0.1) is 6.10 Å². The van der Waals surface area contributed by atoms with Gasteiger partial charge in [-0.1, -0.05) is 31.2 Å². The molecule has 2 unspecified atom stereocenters. The maximum Gasteiger partial charge on any atom is 0.103 e. The van der Waals surface area contributed by atoms with E-state index in [-0.39, 0.29) is 11.7 Å². The van der Waals surface area contributed by atoms with Gasteiger partial charge in [0.1, 0.15) is 5.60 Å². The van der Waals surface area contributed by atoms with E-state index in [0.29, 0.717) is 0 Å². The molecule has 1 aliphatic rings. The summed E-state index contributed by atoms with van der Waals surface area (Å²) in [5, 5.41) is 3.43. The smallest absolute Gasteiger partial charge is 0.103 e. The lowest BCUT2D eigenvalue weighted by Crippen LogP contribution is -2.49. The summed E-state index contributed by atoms with van der Waals surface area (Å²) in [5.74, 6) is 0. The second-order valence-electron chi connectivity index (χ2n) is 4.84. The third-order valence-electron chi connectivity index (χ3n) is 3.33. The van der Waals surface area contributed by atoms with E-state index >= 15 is 0 Å². The summed E-state index contributed by atoms with van der Waals surface area (Å²) in [7, 11) is 0. The fraction of sp³-hybridized carbons (Fsp3) is 0.571. The standard InChI is InChI=1S/C14H21NO/c1-4-12-5-7-13(8-6-12)14(3)10-15-9-11(2)16-14/h5-8,11,15H,4,9-10H2,1-3H3. The first-order chi connectivity index (χ1) is 7.64. The average molecular weight is 219 g/mol. The van der Waals surface area contributed by atoms with Crippen LogP contribution in [0.4, 0.5) is 0 Å². The van der Waals surface area contributed by atoms with Crippen molar-refractivity contribution in [1.29, 1.82) is 0 Å². The number of morpholine rings is 1. The van der Waals surface area contributed by atoms with Crippen LogP contribution in [0.15, 0.2) is 24.3 Å². The molecule has 16 heavy (non-hydrogen) atoms. The highest BCUT2D eigenvalue weighted by Gasteiger charge is 2.32. The van der Waals surface area contributed by atoms with E-state index in [2.05, 4.69) is 50.4 Å². The predicted octanol–water partition coefficient (Wildman–Crippen LogP) is 2.47. The lowest BCUT2D eigenvalue weighted by Gasteiger charge is -2.38. The second kappa shape index (κ2) is 4.56. The molecule has 1 aromatic carbocycles.